The molecule has 0 aliphatic carbocycles. The molecular formula is C16H13FO3S. The van der Waals surface area contributed by atoms with Crippen LogP contribution in [0.2, 0.25) is 0 Å². The number of fused-ring (bicyclic) bond motifs is 1. The molecule has 0 saturated heterocycles. The van der Waals surface area contributed by atoms with Crippen LogP contribution in [0.5, 0.6) is 5.75 Å². The highest BCUT2D eigenvalue weighted by atomic mass is 32.2. The van der Waals surface area contributed by atoms with Gasteiger partial charge in [0.25, 0.3) is 0 Å². The van der Waals surface area contributed by atoms with Crippen molar-refractivity contribution in [3.05, 3.63) is 64.3 Å². The minimum atomic E-state index is -3.54. The van der Waals surface area contributed by atoms with Crippen molar-refractivity contribution in [1.82, 2.24) is 0 Å². The molecule has 5 heteroatoms. The van der Waals surface area contributed by atoms with Gasteiger partial charge in [0.15, 0.2) is 11.6 Å². The lowest BCUT2D eigenvalue weighted by molar-refractivity contribution is 0.338. The highest BCUT2D eigenvalue weighted by Crippen LogP contribution is 2.34. The van der Waals surface area contributed by atoms with E-state index in [0.29, 0.717) is 5.56 Å². The molecule has 0 fully saturated rings. The Bertz CT molecular complexity index is 838. The van der Waals surface area contributed by atoms with Gasteiger partial charge in [-0.1, -0.05) is 24.3 Å². The predicted octanol–water partition coefficient (Wildman–Crippen LogP) is 3.34. The van der Waals surface area contributed by atoms with E-state index in [1.54, 1.807) is 30.3 Å². The lowest BCUT2D eigenvalue weighted by atomic mass is 10.1. The van der Waals surface area contributed by atoms with Crippen LogP contribution in [0, 0.1) is 12.7 Å². The third-order valence-electron chi connectivity index (χ3n) is 3.43. The normalized spacial score (nSPS) is 15.4. The van der Waals surface area contributed by atoms with Crippen LogP contribution in [0.15, 0.2) is 52.3 Å². The number of rotatable bonds is 3. The SMILES string of the molecule is Cc1cccc2c1C=C(COc1ccccc1F)S2(=O)=O. The van der Waals surface area contributed by atoms with Crippen molar-refractivity contribution in [3.8, 4) is 5.75 Å². The fraction of sp³-hybridized carbons (Fsp3) is 0.125. The second kappa shape index (κ2) is 5.00. The van der Waals surface area contributed by atoms with Crippen molar-refractivity contribution in [2.75, 3.05) is 6.61 Å². The average molecular weight is 304 g/mol. The molecule has 1 aliphatic heterocycles. The van der Waals surface area contributed by atoms with Crippen molar-refractivity contribution in [3.63, 3.8) is 0 Å². The maximum Gasteiger partial charge on any atom is 0.206 e. The summed E-state index contributed by atoms with van der Waals surface area (Å²) >= 11 is 0. The van der Waals surface area contributed by atoms with E-state index in [1.807, 2.05) is 13.0 Å². The fourth-order valence-corrected chi connectivity index (χ4v) is 3.82. The van der Waals surface area contributed by atoms with Crippen molar-refractivity contribution >= 4 is 15.9 Å². The number of halogens is 1. The van der Waals surface area contributed by atoms with Crippen LogP contribution in [0.1, 0.15) is 11.1 Å². The molecule has 0 spiro atoms. The topological polar surface area (TPSA) is 43.4 Å². The predicted molar refractivity (Wildman–Crippen MR) is 78.2 cm³/mol. The Hall–Kier alpha value is -2.14. The van der Waals surface area contributed by atoms with Crippen LogP contribution in [-0.4, -0.2) is 15.0 Å². The summed E-state index contributed by atoms with van der Waals surface area (Å²) in [7, 11) is -3.54. The van der Waals surface area contributed by atoms with Gasteiger partial charge < -0.3 is 4.74 Å². The summed E-state index contributed by atoms with van der Waals surface area (Å²) in [6.45, 7) is 1.67. The van der Waals surface area contributed by atoms with Crippen molar-refractivity contribution in [2.24, 2.45) is 0 Å². The number of benzene rings is 2. The first-order chi connectivity index (χ1) is 10.00. The molecule has 0 radical (unpaired) electrons. The molecule has 108 valence electrons. The number of aryl methyl sites for hydroxylation is 1. The van der Waals surface area contributed by atoms with Gasteiger partial charge in [-0.2, -0.15) is 0 Å². The van der Waals surface area contributed by atoms with Crippen molar-refractivity contribution in [2.45, 2.75) is 11.8 Å². The van der Waals surface area contributed by atoms with E-state index in [-0.39, 0.29) is 22.2 Å². The first-order valence-electron chi connectivity index (χ1n) is 6.43. The van der Waals surface area contributed by atoms with E-state index >= 15 is 0 Å². The van der Waals surface area contributed by atoms with Crippen LogP contribution in [0.3, 0.4) is 0 Å². The monoisotopic (exact) mass is 304 g/mol. The number of hydrogen-bond donors (Lipinski definition) is 0. The molecule has 0 amide bonds. The Morgan fingerprint density at radius 3 is 2.57 bits per heavy atom. The molecule has 0 bridgehead atoms. The molecule has 0 aromatic heterocycles. The molecule has 3 rings (SSSR count). The Balaban J connectivity index is 1.90. The molecule has 0 saturated carbocycles. The molecule has 21 heavy (non-hydrogen) atoms. The van der Waals surface area contributed by atoms with Crippen LogP contribution < -0.4 is 4.74 Å². The standard InChI is InChI=1S/C16H13FO3S/c1-11-5-4-8-16-13(11)9-12(21(16,18)19)10-20-15-7-3-2-6-14(15)17/h2-9H,10H2,1H3. The smallest absolute Gasteiger partial charge is 0.206 e. The van der Waals surface area contributed by atoms with E-state index in [1.165, 1.54) is 12.1 Å². The summed E-state index contributed by atoms with van der Waals surface area (Å²) in [5, 5.41) is 0. The molecule has 3 nitrogen and oxygen atoms in total. The van der Waals surface area contributed by atoms with Gasteiger partial charge in [0, 0.05) is 0 Å². The van der Waals surface area contributed by atoms with Crippen molar-refractivity contribution < 1.29 is 17.5 Å². The summed E-state index contributed by atoms with van der Waals surface area (Å²) < 4.78 is 43.6. The Morgan fingerprint density at radius 2 is 1.86 bits per heavy atom. The zero-order valence-electron chi connectivity index (χ0n) is 11.3. The largest absolute Gasteiger partial charge is 0.485 e. The minimum absolute atomic E-state index is 0.0429. The van der Waals surface area contributed by atoms with Gasteiger partial charge >= 0.3 is 0 Å². The first-order valence-corrected chi connectivity index (χ1v) is 7.91. The van der Waals surface area contributed by atoms with Gasteiger partial charge in [0.05, 0.1) is 9.80 Å². The number of para-hydroxylation sites is 1. The molecular weight excluding hydrogens is 291 g/mol. The number of sulfone groups is 1. The third-order valence-corrected chi connectivity index (χ3v) is 5.29. The highest BCUT2D eigenvalue weighted by molar-refractivity contribution is 7.95. The second-order valence-corrected chi connectivity index (χ2v) is 6.79. The molecule has 0 atom stereocenters. The number of ether oxygens (including phenoxy) is 1. The van der Waals surface area contributed by atoms with Gasteiger partial charge in [-0.15, -0.1) is 0 Å². The minimum Gasteiger partial charge on any atom is -0.485 e. The van der Waals surface area contributed by atoms with Gasteiger partial charge in [0.2, 0.25) is 9.84 Å². The van der Waals surface area contributed by atoms with Gasteiger partial charge in [0.1, 0.15) is 6.61 Å². The molecule has 0 N–H and O–H groups in total. The quantitative estimate of drug-likeness (QED) is 0.873. The molecule has 2 aromatic rings. The second-order valence-electron chi connectivity index (χ2n) is 4.82. The maximum absolute atomic E-state index is 13.5. The van der Waals surface area contributed by atoms with E-state index in [2.05, 4.69) is 0 Å². The Morgan fingerprint density at radius 1 is 1.10 bits per heavy atom. The molecule has 1 aliphatic rings. The van der Waals surface area contributed by atoms with Gasteiger partial charge in [-0.25, -0.2) is 12.8 Å². The zero-order valence-corrected chi connectivity index (χ0v) is 12.2. The van der Waals surface area contributed by atoms with E-state index < -0.39 is 15.7 Å². The summed E-state index contributed by atoms with van der Waals surface area (Å²) in [5.74, 6) is -0.469. The first kappa shape index (κ1) is 13.8. The van der Waals surface area contributed by atoms with Crippen molar-refractivity contribution in [1.29, 1.82) is 0 Å². The lowest BCUT2D eigenvalue weighted by Crippen LogP contribution is -2.09. The summed E-state index contributed by atoms with van der Waals surface area (Å²) in [5.41, 5.74) is 1.57. The molecule has 0 unspecified atom stereocenters. The number of hydrogen-bond acceptors (Lipinski definition) is 3. The van der Waals surface area contributed by atoms with Crippen LogP contribution >= 0.6 is 0 Å². The van der Waals surface area contributed by atoms with E-state index in [4.69, 9.17) is 4.74 Å². The summed E-state index contributed by atoms with van der Waals surface area (Å²) in [6, 6.07) is 11.1. The average Bonchev–Trinajstić information content (AvgIpc) is 2.71. The molecule has 2 aromatic carbocycles. The van der Waals surface area contributed by atoms with E-state index in [0.717, 1.165) is 5.56 Å². The van der Waals surface area contributed by atoms with Crippen LogP contribution in [-0.2, 0) is 9.84 Å². The Labute approximate surface area is 122 Å². The Kier molecular flexibility index (Phi) is 3.29. The van der Waals surface area contributed by atoms with Crippen LogP contribution in [0.25, 0.3) is 6.08 Å². The molecule has 1 heterocycles. The fourth-order valence-electron chi connectivity index (χ4n) is 2.28. The third kappa shape index (κ3) is 2.34. The maximum atomic E-state index is 13.5. The van der Waals surface area contributed by atoms with Crippen LogP contribution in [0.4, 0.5) is 4.39 Å². The van der Waals surface area contributed by atoms with E-state index in [9.17, 15) is 12.8 Å². The van der Waals surface area contributed by atoms with Gasteiger partial charge in [-0.05, 0) is 42.3 Å². The summed E-state index contributed by atoms with van der Waals surface area (Å²) in [6.07, 6.45) is 1.60. The zero-order chi connectivity index (χ0) is 15.0. The van der Waals surface area contributed by atoms with Gasteiger partial charge in [-0.3, -0.25) is 0 Å². The summed E-state index contributed by atoms with van der Waals surface area (Å²) in [4.78, 5) is 0.435. The highest BCUT2D eigenvalue weighted by Gasteiger charge is 2.30. The lowest BCUT2D eigenvalue weighted by Gasteiger charge is -2.08.